The van der Waals surface area contributed by atoms with Gasteiger partial charge in [-0.25, -0.2) is 0 Å². The molecule has 1 amide bonds. The molecule has 1 N–H and O–H groups in total. The van der Waals surface area contributed by atoms with E-state index in [-0.39, 0.29) is 17.4 Å². The van der Waals surface area contributed by atoms with E-state index in [1.165, 1.54) is 0 Å². The summed E-state index contributed by atoms with van der Waals surface area (Å²) in [7, 11) is 0. The lowest BCUT2D eigenvalue weighted by molar-refractivity contribution is -0.140. The van der Waals surface area contributed by atoms with Crippen LogP contribution in [0.3, 0.4) is 0 Å². The van der Waals surface area contributed by atoms with Crippen LogP contribution in [-0.2, 0) is 20.7 Å². The summed E-state index contributed by atoms with van der Waals surface area (Å²) < 4.78 is 16.8. The van der Waals surface area contributed by atoms with Crippen molar-refractivity contribution in [3.8, 4) is 11.5 Å². The molecule has 2 aromatic carbocycles. The van der Waals surface area contributed by atoms with Crippen LogP contribution in [0.25, 0.3) is 5.76 Å². The maximum absolute atomic E-state index is 13.3. The number of likely N-dealkylation sites (tertiary alicyclic amines) is 1. The lowest BCUT2D eigenvalue weighted by atomic mass is 9.94. The third-order valence-corrected chi connectivity index (χ3v) is 7.19. The first kappa shape index (κ1) is 25.3. The Morgan fingerprint density at radius 2 is 1.84 bits per heavy atom. The molecule has 8 heteroatoms. The second-order valence-electron chi connectivity index (χ2n) is 9.76. The predicted molar refractivity (Wildman–Crippen MR) is 139 cm³/mol. The van der Waals surface area contributed by atoms with E-state index in [1.54, 1.807) is 11.0 Å². The highest BCUT2D eigenvalue weighted by Crippen LogP contribution is 2.41. The molecule has 0 saturated carbocycles. The number of fused-ring (bicyclic) bond motifs is 1. The Balaban J connectivity index is 1.47. The van der Waals surface area contributed by atoms with Gasteiger partial charge < -0.3 is 24.2 Å². The normalized spacial score (nSPS) is 23.2. The van der Waals surface area contributed by atoms with Gasteiger partial charge in [0.1, 0.15) is 23.4 Å². The highest BCUT2D eigenvalue weighted by atomic mass is 16.5. The van der Waals surface area contributed by atoms with Gasteiger partial charge in [-0.3, -0.25) is 14.5 Å². The van der Waals surface area contributed by atoms with Crippen LogP contribution in [0.1, 0.15) is 43.0 Å². The fraction of sp³-hybridized carbons (Fsp3) is 0.448. The fourth-order valence-electron chi connectivity index (χ4n) is 5.38. The second-order valence-corrected chi connectivity index (χ2v) is 9.76. The van der Waals surface area contributed by atoms with Crippen LogP contribution < -0.4 is 9.47 Å². The zero-order chi connectivity index (χ0) is 25.9. The number of nitrogens with zero attached hydrogens (tertiary/aromatic N) is 2. The minimum atomic E-state index is -0.677. The van der Waals surface area contributed by atoms with E-state index in [2.05, 4.69) is 4.90 Å². The standard InChI is InChI=1S/C29H34N2O6/c1-3-36-23-8-5-20(6-9-23)26-25(27(32)21-7-10-24-22(18-21)17-19(2)37-24)28(33)29(34)31(26)12-4-11-30-13-15-35-16-14-30/h5-10,18-19,26,32H,3-4,11-17H2,1-2H3/t19-,26-/m0/s1. The Bertz CT molecular complexity index is 1190. The average molecular weight is 507 g/mol. The topological polar surface area (TPSA) is 88.5 Å². The molecule has 2 saturated heterocycles. The van der Waals surface area contributed by atoms with E-state index >= 15 is 0 Å². The molecule has 0 radical (unpaired) electrons. The smallest absolute Gasteiger partial charge is 0.295 e. The number of ketones is 1. The first-order chi connectivity index (χ1) is 18.0. The van der Waals surface area contributed by atoms with Crippen molar-refractivity contribution in [1.82, 2.24) is 9.80 Å². The van der Waals surface area contributed by atoms with E-state index in [0.717, 1.165) is 42.9 Å². The van der Waals surface area contributed by atoms with Crippen molar-refractivity contribution < 1.29 is 28.9 Å². The summed E-state index contributed by atoms with van der Waals surface area (Å²) in [4.78, 5) is 30.5. The molecule has 37 heavy (non-hydrogen) atoms. The van der Waals surface area contributed by atoms with E-state index in [1.807, 2.05) is 50.2 Å². The number of benzene rings is 2. The summed E-state index contributed by atoms with van der Waals surface area (Å²) in [6.07, 6.45) is 1.51. The van der Waals surface area contributed by atoms with Crippen LogP contribution in [0.4, 0.5) is 0 Å². The molecule has 0 unspecified atom stereocenters. The summed E-state index contributed by atoms with van der Waals surface area (Å²) in [6, 6.07) is 12.1. The number of amides is 1. The summed E-state index contributed by atoms with van der Waals surface area (Å²) in [6.45, 7) is 8.82. The number of carbonyl (C=O) groups is 2. The number of hydrogen-bond acceptors (Lipinski definition) is 7. The van der Waals surface area contributed by atoms with Crippen molar-refractivity contribution >= 4 is 17.4 Å². The molecule has 196 valence electrons. The molecule has 3 heterocycles. The lowest BCUT2D eigenvalue weighted by Crippen LogP contribution is -2.38. The van der Waals surface area contributed by atoms with Gasteiger partial charge in [0.25, 0.3) is 11.7 Å². The number of aliphatic hydroxyl groups excluding tert-OH is 1. The number of ether oxygens (including phenoxy) is 3. The maximum atomic E-state index is 13.3. The van der Waals surface area contributed by atoms with Crippen LogP contribution in [0.5, 0.6) is 11.5 Å². The SMILES string of the molecule is CCOc1ccc([C@H]2C(=C(O)c3ccc4c(c3)C[C@H](C)O4)C(=O)C(=O)N2CCCN2CCOCC2)cc1. The van der Waals surface area contributed by atoms with Crippen molar-refractivity contribution in [2.24, 2.45) is 0 Å². The van der Waals surface area contributed by atoms with Gasteiger partial charge in [-0.1, -0.05) is 12.1 Å². The quantitative estimate of drug-likeness (QED) is 0.333. The molecule has 2 atom stereocenters. The van der Waals surface area contributed by atoms with Crippen LogP contribution >= 0.6 is 0 Å². The zero-order valence-electron chi connectivity index (χ0n) is 21.4. The highest BCUT2D eigenvalue weighted by molar-refractivity contribution is 6.46. The molecule has 0 aliphatic carbocycles. The monoisotopic (exact) mass is 506 g/mol. The Morgan fingerprint density at radius 3 is 2.57 bits per heavy atom. The molecular formula is C29H34N2O6. The summed E-state index contributed by atoms with van der Waals surface area (Å²) >= 11 is 0. The zero-order valence-corrected chi connectivity index (χ0v) is 21.4. The number of aliphatic hydroxyl groups is 1. The van der Waals surface area contributed by atoms with E-state index in [9.17, 15) is 14.7 Å². The van der Waals surface area contributed by atoms with Gasteiger partial charge in [0.05, 0.1) is 31.4 Å². The van der Waals surface area contributed by atoms with Gasteiger partial charge in [-0.15, -0.1) is 0 Å². The molecule has 0 spiro atoms. The number of hydrogen-bond donors (Lipinski definition) is 1. The Morgan fingerprint density at radius 1 is 1.08 bits per heavy atom. The van der Waals surface area contributed by atoms with Crippen LogP contribution in [0.15, 0.2) is 48.0 Å². The van der Waals surface area contributed by atoms with Gasteiger partial charge in [0.2, 0.25) is 0 Å². The first-order valence-corrected chi connectivity index (χ1v) is 13.1. The minimum absolute atomic E-state index is 0.0632. The number of rotatable bonds is 8. The second kappa shape index (κ2) is 10.9. The number of Topliss-reactive ketones (excluding diaryl/α,β-unsaturated/α-hetero) is 1. The first-order valence-electron chi connectivity index (χ1n) is 13.1. The Kier molecular flexibility index (Phi) is 7.48. The van der Waals surface area contributed by atoms with Crippen molar-refractivity contribution in [2.45, 2.75) is 38.8 Å². The van der Waals surface area contributed by atoms with Crippen molar-refractivity contribution in [3.63, 3.8) is 0 Å². The third-order valence-electron chi connectivity index (χ3n) is 7.19. The Hall–Kier alpha value is -3.36. The van der Waals surface area contributed by atoms with Crippen molar-refractivity contribution in [1.29, 1.82) is 0 Å². The van der Waals surface area contributed by atoms with Gasteiger partial charge in [0, 0.05) is 38.2 Å². The number of carbonyl (C=O) groups excluding carboxylic acids is 2. The van der Waals surface area contributed by atoms with Crippen molar-refractivity contribution in [3.05, 3.63) is 64.7 Å². The third kappa shape index (κ3) is 5.22. The molecule has 2 fully saturated rings. The molecule has 2 aromatic rings. The molecule has 8 nitrogen and oxygen atoms in total. The van der Waals surface area contributed by atoms with Crippen molar-refractivity contribution in [2.75, 3.05) is 46.0 Å². The molecule has 0 aromatic heterocycles. The average Bonchev–Trinajstić information content (AvgIpc) is 3.40. The van der Waals surface area contributed by atoms with Crippen LogP contribution in [-0.4, -0.2) is 78.7 Å². The molecule has 0 bridgehead atoms. The van der Waals surface area contributed by atoms with Gasteiger partial charge >= 0.3 is 0 Å². The maximum Gasteiger partial charge on any atom is 0.295 e. The van der Waals surface area contributed by atoms with E-state index in [4.69, 9.17) is 14.2 Å². The van der Waals surface area contributed by atoms with Crippen LogP contribution in [0.2, 0.25) is 0 Å². The Labute approximate surface area is 217 Å². The van der Waals surface area contributed by atoms with E-state index in [0.29, 0.717) is 44.1 Å². The van der Waals surface area contributed by atoms with Gasteiger partial charge in [-0.2, -0.15) is 0 Å². The molecule has 5 rings (SSSR count). The number of morpholine rings is 1. The fourth-order valence-corrected chi connectivity index (χ4v) is 5.38. The van der Waals surface area contributed by atoms with Crippen LogP contribution in [0, 0.1) is 0 Å². The predicted octanol–water partition coefficient (Wildman–Crippen LogP) is 3.55. The lowest BCUT2D eigenvalue weighted by Gasteiger charge is -2.29. The minimum Gasteiger partial charge on any atom is -0.507 e. The van der Waals surface area contributed by atoms with Gasteiger partial charge in [-0.05, 0) is 61.7 Å². The molecular weight excluding hydrogens is 472 g/mol. The highest BCUT2D eigenvalue weighted by Gasteiger charge is 2.46. The summed E-state index contributed by atoms with van der Waals surface area (Å²) in [5.74, 6) is 0.0996. The molecule has 3 aliphatic rings. The summed E-state index contributed by atoms with van der Waals surface area (Å²) in [5, 5.41) is 11.4. The molecule has 3 aliphatic heterocycles. The largest absolute Gasteiger partial charge is 0.507 e. The van der Waals surface area contributed by atoms with E-state index < -0.39 is 17.7 Å². The van der Waals surface area contributed by atoms with Gasteiger partial charge in [0.15, 0.2) is 0 Å². The summed E-state index contributed by atoms with van der Waals surface area (Å²) in [5.41, 5.74) is 2.37.